The zero-order valence-corrected chi connectivity index (χ0v) is 19.3. The van der Waals surface area contributed by atoms with Crippen molar-refractivity contribution < 1.29 is 14.0 Å². The maximum Gasteiger partial charge on any atom is 0.270 e. The molecule has 0 spiro atoms. The molecule has 3 aromatic carbocycles. The zero-order valence-electron chi connectivity index (χ0n) is 18.5. The highest BCUT2D eigenvalue weighted by Gasteiger charge is 2.35. The van der Waals surface area contributed by atoms with Gasteiger partial charge >= 0.3 is 0 Å². The van der Waals surface area contributed by atoms with Crippen molar-refractivity contribution in [2.75, 3.05) is 4.90 Å². The number of halogens is 1. The van der Waals surface area contributed by atoms with Gasteiger partial charge in [0.05, 0.1) is 11.4 Å². The van der Waals surface area contributed by atoms with Gasteiger partial charge in [-0.3, -0.25) is 19.8 Å². The highest BCUT2D eigenvalue weighted by Crippen LogP contribution is 2.29. The van der Waals surface area contributed by atoms with Crippen molar-refractivity contribution in [3.8, 4) is 5.69 Å². The standard InChI is InChI=1S/C27H20FN3O2S/c1-16-13-19(17(2)30(16)24-12-5-8-18-7-3-4-11-22(18)24)14-23-25(32)29-27(34)31(26(23)33)21-10-6-9-20(28)15-21/h3-15H,1-2H3,(H,29,32,34)/b23-14+. The van der Waals surface area contributed by atoms with Crippen LogP contribution in [0, 0.1) is 19.7 Å². The third-order valence-electron chi connectivity index (χ3n) is 5.95. The number of thiocarbonyl (C=S) groups is 1. The van der Waals surface area contributed by atoms with Gasteiger partial charge < -0.3 is 4.57 Å². The summed E-state index contributed by atoms with van der Waals surface area (Å²) in [6.45, 7) is 3.93. The van der Waals surface area contributed by atoms with E-state index in [0.29, 0.717) is 0 Å². The number of nitrogens with zero attached hydrogens (tertiary/aromatic N) is 2. The first-order chi connectivity index (χ1) is 16.3. The lowest BCUT2D eigenvalue weighted by atomic mass is 10.1. The molecule has 0 bridgehead atoms. The molecular weight excluding hydrogens is 449 g/mol. The van der Waals surface area contributed by atoms with E-state index < -0.39 is 17.6 Å². The second-order valence-corrected chi connectivity index (χ2v) is 8.48. The number of aryl methyl sites for hydroxylation is 1. The van der Waals surface area contributed by atoms with Gasteiger partial charge in [-0.2, -0.15) is 0 Å². The minimum atomic E-state index is -0.602. The third-order valence-corrected chi connectivity index (χ3v) is 6.23. The molecule has 0 atom stereocenters. The fourth-order valence-corrected chi connectivity index (χ4v) is 4.65. The van der Waals surface area contributed by atoms with Crippen LogP contribution in [0.15, 0.2) is 78.4 Å². The van der Waals surface area contributed by atoms with Gasteiger partial charge in [-0.1, -0.05) is 42.5 Å². The van der Waals surface area contributed by atoms with E-state index >= 15 is 0 Å². The topological polar surface area (TPSA) is 54.3 Å². The summed E-state index contributed by atoms with van der Waals surface area (Å²) in [7, 11) is 0. The van der Waals surface area contributed by atoms with Gasteiger partial charge in [0.2, 0.25) is 0 Å². The molecule has 4 aromatic rings. The quantitative estimate of drug-likeness (QED) is 0.254. The summed E-state index contributed by atoms with van der Waals surface area (Å²) < 4.78 is 15.9. The first-order valence-electron chi connectivity index (χ1n) is 10.7. The molecule has 1 saturated heterocycles. The van der Waals surface area contributed by atoms with E-state index in [1.807, 2.05) is 44.2 Å². The van der Waals surface area contributed by atoms with Crippen molar-refractivity contribution in [3.63, 3.8) is 0 Å². The molecule has 1 aromatic heterocycles. The predicted molar refractivity (Wildman–Crippen MR) is 135 cm³/mol. The molecule has 1 aliphatic rings. The van der Waals surface area contributed by atoms with Gasteiger partial charge in [0.1, 0.15) is 11.4 Å². The number of nitrogens with one attached hydrogen (secondary N) is 1. The maximum atomic E-state index is 13.8. The Labute approximate surface area is 201 Å². The largest absolute Gasteiger partial charge is 0.317 e. The Kier molecular flexibility index (Phi) is 5.34. The van der Waals surface area contributed by atoms with E-state index in [4.69, 9.17) is 12.2 Å². The number of hydrogen-bond donors (Lipinski definition) is 1. The monoisotopic (exact) mass is 469 g/mol. The Balaban J connectivity index is 1.60. The molecule has 0 unspecified atom stereocenters. The summed E-state index contributed by atoms with van der Waals surface area (Å²) in [5, 5.41) is 4.68. The number of benzene rings is 3. The van der Waals surface area contributed by atoms with Crippen LogP contribution in [-0.4, -0.2) is 21.5 Å². The van der Waals surface area contributed by atoms with Crippen LogP contribution in [0.4, 0.5) is 10.1 Å². The summed E-state index contributed by atoms with van der Waals surface area (Å²) in [5.41, 5.74) is 3.77. The molecule has 7 heteroatoms. The Morgan fingerprint density at radius 1 is 0.941 bits per heavy atom. The molecule has 34 heavy (non-hydrogen) atoms. The first-order valence-corrected chi connectivity index (χ1v) is 11.1. The molecule has 1 aliphatic heterocycles. The Bertz CT molecular complexity index is 1530. The van der Waals surface area contributed by atoms with Gasteiger partial charge in [-0.15, -0.1) is 0 Å². The predicted octanol–water partition coefficient (Wildman–Crippen LogP) is 5.22. The fourth-order valence-electron chi connectivity index (χ4n) is 4.37. The van der Waals surface area contributed by atoms with Crippen molar-refractivity contribution in [2.24, 2.45) is 0 Å². The van der Waals surface area contributed by atoms with Crippen LogP contribution in [0.2, 0.25) is 0 Å². The second kappa shape index (κ2) is 8.35. The molecule has 1 fully saturated rings. The summed E-state index contributed by atoms with van der Waals surface area (Å²) in [5.74, 6) is -1.69. The highest BCUT2D eigenvalue weighted by molar-refractivity contribution is 7.80. The SMILES string of the molecule is Cc1cc(/C=C2\C(=O)NC(=S)N(c3cccc(F)c3)C2=O)c(C)n1-c1cccc2ccccc12. The van der Waals surface area contributed by atoms with E-state index in [1.54, 1.807) is 12.1 Å². The van der Waals surface area contributed by atoms with Crippen molar-refractivity contribution in [1.29, 1.82) is 0 Å². The molecule has 2 amide bonds. The summed E-state index contributed by atoms with van der Waals surface area (Å²) in [6.07, 6.45) is 1.57. The van der Waals surface area contributed by atoms with Crippen LogP contribution in [0.3, 0.4) is 0 Å². The number of aromatic nitrogens is 1. The molecule has 5 nitrogen and oxygen atoms in total. The number of rotatable bonds is 3. The number of carbonyl (C=O) groups excluding carboxylic acids is 2. The van der Waals surface area contributed by atoms with Gasteiger partial charge in [0.25, 0.3) is 11.8 Å². The van der Waals surface area contributed by atoms with Crippen molar-refractivity contribution in [1.82, 2.24) is 9.88 Å². The van der Waals surface area contributed by atoms with Crippen LogP contribution in [0.5, 0.6) is 0 Å². The van der Waals surface area contributed by atoms with Gasteiger partial charge in [0, 0.05) is 16.8 Å². The van der Waals surface area contributed by atoms with Crippen LogP contribution >= 0.6 is 12.2 Å². The minimum Gasteiger partial charge on any atom is -0.317 e. The number of carbonyl (C=O) groups is 2. The van der Waals surface area contributed by atoms with E-state index in [9.17, 15) is 14.0 Å². The molecule has 0 saturated carbocycles. The van der Waals surface area contributed by atoms with Crippen molar-refractivity contribution in [2.45, 2.75) is 13.8 Å². The van der Waals surface area contributed by atoms with Crippen molar-refractivity contribution >= 4 is 51.7 Å². The van der Waals surface area contributed by atoms with Crippen LogP contribution < -0.4 is 10.2 Å². The average Bonchev–Trinajstić information content (AvgIpc) is 3.08. The summed E-state index contributed by atoms with van der Waals surface area (Å²) >= 11 is 5.20. The van der Waals surface area contributed by atoms with Crippen LogP contribution in [0.25, 0.3) is 22.5 Å². The maximum absolute atomic E-state index is 13.8. The number of fused-ring (bicyclic) bond motifs is 1. The summed E-state index contributed by atoms with van der Waals surface area (Å²) in [4.78, 5) is 27.1. The smallest absolute Gasteiger partial charge is 0.270 e. The van der Waals surface area contributed by atoms with E-state index in [-0.39, 0.29) is 16.4 Å². The van der Waals surface area contributed by atoms with Crippen LogP contribution in [0.1, 0.15) is 17.0 Å². The van der Waals surface area contributed by atoms with Gasteiger partial charge in [-0.25, -0.2) is 4.39 Å². The molecule has 2 heterocycles. The Morgan fingerprint density at radius 3 is 2.47 bits per heavy atom. The van der Waals surface area contributed by atoms with E-state index in [0.717, 1.165) is 38.3 Å². The Hall–Kier alpha value is -4.10. The average molecular weight is 470 g/mol. The fraction of sp³-hybridized carbons (Fsp3) is 0.0741. The van der Waals surface area contributed by atoms with Crippen molar-refractivity contribution in [3.05, 3.63) is 101 Å². The number of hydrogen-bond acceptors (Lipinski definition) is 3. The molecule has 168 valence electrons. The van der Waals surface area contributed by atoms with Gasteiger partial charge in [-0.05, 0) is 73.4 Å². The lowest BCUT2D eigenvalue weighted by Gasteiger charge is -2.28. The van der Waals surface area contributed by atoms with E-state index in [1.165, 1.54) is 18.2 Å². The number of anilines is 1. The van der Waals surface area contributed by atoms with Crippen LogP contribution in [-0.2, 0) is 9.59 Å². The lowest BCUT2D eigenvalue weighted by Crippen LogP contribution is -2.54. The minimum absolute atomic E-state index is 0.0731. The second-order valence-electron chi connectivity index (χ2n) is 8.10. The molecule has 1 N–H and O–H groups in total. The third kappa shape index (κ3) is 3.60. The lowest BCUT2D eigenvalue weighted by molar-refractivity contribution is -0.122. The summed E-state index contributed by atoms with van der Waals surface area (Å²) in [6, 6.07) is 21.7. The first kappa shape index (κ1) is 21.7. The molecule has 0 radical (unpaired) electrons. The molecular formula is C27H20FN3O2S. The molecule has 5 rings (SSSR count). The molecule has 0 aliphatic carbocycles. The zero-order chi connectivity index (χ0) is 24.0. The highest BCUT2D eigenvalue weighted by atomic mass is 32.1. The number of amides is 2. The van der Waals surface area contributed by atoms with E-state index in [2.05, 4.69) is 28.1 Å². The Morgan fingerprint density at radius 2 is 1.68 bits per heavy atom. The van der Waals surface area contributed by atoms with Gasteiger partial charge in [0.15, 0.2) is 5.11 Å². The normalized spacial score (nSPS) is 15.3.